The number of hydrogen-bond donors (Lipinski definition) is 1. The lowest BCUT2D eigenvalue weighted by molar-refractivity contribution is -0.136. The van der Waals surface area contributed by atoms with E-state index < -0.39 is 20.5 Å². The van der Waals surface area contributed by atoms with Crippen molar-refractivity contribution in [3.8, 4) is 0 Å². The smallest absolute Gasteiger partial charge is 0.265 e. The van der Waals surface area contributed by atoms with E-state index in [1.165, 1.54) is 7.11 Å². The normalized spacial score (nSPS) is 19.3. The van der Waals surface area contributed by atoms with E-state index in [-0.39, 0.29) is 36.9 Å². The van der Waals surface area contributed by atoms with Crippen molar-refractivity contribution in [2.75, 3.05) is 33.4 Å². The third kappa shape index (κ3) is 5.75. The van der Waals surface area contributed by atoms with E-state index in [2.05, 4.69) is 5.48 Å². The van der Waals surface area contributed by atoms with Gasteiger partial charge in [-0.05, 0) is 68.6 Å². The summed E-state index contributed by atoms with van der Waals surface area (Å²) in [4.78, 5) is 31.6. The number of ether oxygens (including phenoxy) is 1. The first-order valence-electron chi connectivity index (χ1n) is 11.9. The van der Waals surface area contributed by atoms with E-state index in [9.17, 15) is 18.0 Å². The number of hydroxylamine groups is 1. The van der Waals surface area contributed by atoms with Gasteiger partial charge in [0.05, 0.1) is 12.0 Å². The van der Waals surface area contributed by atoms with Crippen LogP contribution in [0.25, 0.3) is 0 Å². The number of amides is 2. The second kappa shape index (κ2) is 11.4. The molecule has 3 rings (SSSR count). The quantitative estimate of drug-likeness (QED) is 0.545. The molecule has 2 aliphatic rings. The molecule has 2 amide bonds. The van der Waals surface area contributed by atoms with Gasteiger partial charge in [0.1, 0.15) is 0 Å². The summed E-state index contributed by atoms with van der Waals surface area (Å²) in [6, 6.07) is 6.89. The molecule has 0 aliphatic carbocycles. The first kappa shape index (κ1) is 25.6. The molecule has 2 aliphatic heterocycles. The largest absolute Gasteiger partial charge is 0.381 e. The number of rotatable bonds is 9. The zero-order chi connectivity index (χ0) is 23.9. The third-order valence-corrected chi connectivity index (χ3v) is 9.44. The van der Waals surface area contributed by atoms with Gasteiger partial charge >= 0.3 is 0 Å². The fourth-order valence-corrected chi connectivity index (χ4v) is 6.71. The summed E-state index contributed by atoms with van der Waals surface area (Å²) in [6.07, 6.45) is 5.59. The Kier molecular flexibility index (Phi) is 8.89. The van der Waals surface area contributed by atoms with Gasteiger partial charge in [-0.25, -0.2) is 13.9 Å². The minimum absolute atomic E-state index is 0.0890. The van der Waals surface area contributed by atoms with Crippen LogP contribution in [0.5, 0.6) is 0 Å². The molecule has 0 atom stereocenters. The Balaban J connectivity index is 1.61. The monoisotopic (exact) mass is 480 g/mol. The van der Waals surface area contributed by atoms with Crippen LogP contribution in [0.3, 0.4) is 0 Å². The van der Waals surface area contributed by atoms with Crippen LogP contribution < -0.4 is 5.48 Å². The molecule has 2 saturated heterocycles. The van der Waals surface area contributed by atoms with Gasteiger partial charge in [0.15, 0.2) is 14.6 Å². The number of benzene rings is 1. The third-order valence-electron chi connectivity index (χ3n) is 6.93. The number of sulfone groups is 1. The highest BCUT2D eigenvalue weighted by molar-refractivity contribution is 7.93. The molecule has 184 valence electrons. The van der Waals surface area contributed by atoms with Crippen molar-refractivity contribution in [2.45, 2.75) is 67.9 Å². The number of piperidine rings is 1. The number of carbonyl (C=O) groups excluding carboxylic acids is 2. The average Bonchev–Trinajstić information content (AvgIpc) is 2.84. The lowest BCUT2D eigenvalue weighted by Crippen LogP contribution is -2.55. The Hall–Kier alpha value is -1.97. The summed E-state index contributed by atoms with van der Waals surface area (Å²) < 4.78 is 30.7. The molecule has 0 aromatic heterocycles. The Labute approximate surface area is 196 Å². The highest BCUT2D eigenvalue weighted by Gasteiger charge is 2.52. The maximum absolute atomic E-state index is 13.5. The molecule has 2 fully saturated rings. The fourth-order valence-electron chi connectivity index (χ4n) is 4.78. The van der Waals surface area contributed by atoms with Crippen LogP contribution in [0.15, 0.2) is 29.2 Å². The first-order chi connectivity index (χ1) is 15.8. The summed E-state index contributed by atoms with van der Waals surface area (Å²) in [5.41, 5.74) is 3.29. The van der Waals surface area contributed by atoms with Gasteiger partial charge in [-0.3, -0.25) is 14.4 Å². The van der Waals surface area contributed by atoms with E-state index in [1.807, 2.05) is 24.0 Å². The van der Waals surface area contributed by atoms with E-state index in [0.717, 1.165) is 50.8 Å². The van der Waals surface area contributed by atoms with E-state index in [0.29, 0.717) is 12.3 Å². The molecule has 1 aromatic carbocycles. The predicted molar refractivity (Wildman–Crippen MR) is 124 cm³/mol. The van der Waals surface area contributed by atoms with Gasteiger partial charge in [0.2, 0.25) is 5.91 Å². The molecule has 0 unspecified atom stereocenters. The van der Waals surface area contributed by atoms with Crippen molar-refractivity contribution in [3.05, 3.63) is 29.8 Å². The highest BCUT2D eigenvalue weighted by Crippen LogP contribution is 2.35. The van der Waals surface area contributed by atoms with Gasteiger partial charge in [-0.1, -0.05) is 19.1 Å². The lowest BCUT2D eigenvalue weighted by Gasteiger charge is -2.34. The van der Waals surface area contributed by atoms with E-state index in [1.54, 1.807) is 12.1 Å². The van der Waals surface area contributed by atoms with Crippen LogP contribution in [0, 0.1) is 5.92 Å². The predicted octanol–water partition coefficient (Wildman–Crippen LogP) is 2.66. The Morgan fingerprint density at radius 2 is 1.79 bits per heavy atom. The lowest BCUT2D eigenvalue weighted by atomic mass is 9.90. The maximum atomic E-state index is 13.5. The van der Waals surface area contributed by atoms with Gasteiger partial charge in [-0.2, -0.15) is 0 Å². The standard InChI is InChI=1S/C24H36N2O6S/c1-3-4-22(27)26-15-11-20(12-16-26)6-5-19-7-9-21(10-8-19)33(29,30)24(23(28)25-31-2)13-17-32-18-14-24/h7-10,20H,3-6,11-18H2,1-2H3,(H,25,28). The van der Waals surface area contributed by atoms with Crippen LogP contribution in [-0.4, -0.2) is 63.3 Å². The molecule has 0 spiro atoms. The maximum Gasteiger partial charge on any atom is 0.265 e. The minimum Gasteiger partial charge on any atom is -0.381 e. The van der Waals surface area contributed by atoms with Gasteiger partial charge in [0, 0.05) is 32.7 Å². The van der Waals surface area contributed by atoms with Gasteiger partial charge < -0.3 is 9.64 Å². The number of carbonyl (C=O) groups is 2. The summed E-state index contributed by atoms with van der Waals surface area (Å²) in [7, 11) is -2.63. The molecular weight excluding hydrogens is 444 g/mol. The van der Waals surface area contributed by atoms with Gasteiger partial charge in [-0.15, -0.1) is 0 Å². The van der Waals surface area contributed by atoms with Crippen molar-refractivity contribution in [2.24, 2.45) is 5.92 Å². The Morgan fingerprint density at radius 1 is 1.15 bits per heavy atom. The second-order valence-corrected chi connectivity index (χ2v) is 11.3. The average molecular weight is 481 g/mol. The Bertz CT molecular complexity index is 901. The van der Waals surface area contributed by atoms with Gasteiger partial charge in [0.25, 0.3) is 5.91 Å². The molecule has 0 saturated carbocycles. The molecule has 8 nitrogen and oxygen atoms in total. The molecule has 0 radical (unpaired) electrons. The number of aryl methyl sites for hydroxylation is 1. The van der Waals surface area contributed by atoms with E-state index in [4.69, 9.17) is 9.57 Å². The van der Waals surface area contributed by atoms with E-state index >= 15 is 0 Å². The minimum atomic E-state index is -3.93. The molecule has 33 heavy (non-hydrogen) atoms. The molecule has 0 bridgehead atoms. The second-order valence-electron chi connectivity index (χ2n) is 9.00. The Morgan fingerprint density at radius 3 is 2.36 bits per heavy atom. The van der Waals surface area contributed by atoms with Crippen LogP contribution in [0.2, 0.25) is 0 Å². The van der Waals surface area contributed by atoms with Crippen LogP contribution in [-0.2, 0) is 35.4 Å². The molecule has 9 heteroatoms. The van der Waals surface area contributed by atoms with Crippen LogP contribution >= 0.6 is 0 Å². The van der Waals surface area contributed by atoms with Crippen molar-refractivity contribution < 1.29 is 27.6 Å². The molecule has 2 heterocycles. The van der Waals surface area contributed by atoms with Crippen molar-refractivity contribution in [1.82, 2.24) is 10.4 Å². The molecular formula is C24H36N2O6S. The van der Waals surface area contributed by atoms with Crippen LogP contribution in [0.1, 0.15) is 57.4 Å². The SMILES string of the molecule is CCCC(=O)N1CCC(CCc2ccc(S(=O)(=O)C3(C(=O)NOC)CCOCC3)cc2)CC1. The number of hydrogen-bond acceptors (Lipinski definition) is 6. The van der Waals surface area contributed by atoms with Crippen molar-refractivity contribution in [3.63, 3.8) is 0 Å². The summed E-state index contributed by atoms with van der Waals surface area (Å²) in [6.45, 7) is 4.10. The van der Waals surface area contributed by atoms with Crippen LogP contribution in [0.4, 0.5) is 0 Å². The fraction of sp³-hybridized carbons (Fsp3) is 0.667. The summed E-state index contributed by atoms with van der Waals surface area (Å²) in [5, 5.41) is 0. The number of nitrogens with zero attached hydrogens (tertiary/aromatic N) is 1. The summed E-state index contributed by atoms with van der Waals surface area (Å²) >= 11 is 0. The highest BCUT2D eigenvalue weighted by atomic mass is 32.2. The summed E-state index contributed by atoms with van der Waals surface area (Å²) in [5.74, 6) is 0.178. The number of likely N-dealkylation sites (tertiary alicyclic amines) is 1. The zero-order valence-electron chi connectivity index (χ0n) is 19.7. The van der Waals surface area contributed by atoms with Crippen molar-refractivity contribution in [1.29, 1.82) is 0 Å². The molecule has 1 aromatic rings. The zero-order valence-corrected chi connectivity index (χ0v) is 20.5. The number of nitrogens with one attached hydrogen (secondary N) is 1. The first-order valence-corrected chi connectivity index (χ1v) is 13.3. The van der Waals surface area contributed by atoms with Crippen molar-refractivity contribution >= 4 is 21.7 Å². The molecule has 1 N–H and O–H groups in total. The topological polar surface area (TPSA) is 102 Å².